The molecule has 2 aromatic carbocycles. The minimum atomic E-state index is -0.287. The minimum absolute atomic E-state index is 0.243. The number of nitrogens with one attached hydrogen (secondary N) is 1. The van der Waals surface area contributed by atoms with Crippen molar-refractivity contribution in [3.63, 3.8) is 0 Å². The van der Waals surface area contributed by atoms with Crippen LogP contribution in [0.15, 0.2) is 67.0 Å². The topological polar surface area (TPSA) is 64.7 Å². The number of amides is 1. The highest BCUT2D eigenvalue weighted by Crippen LogP contribution is 2.19. The fourth-order valence-corrected chi connectivity index (χ4v) is 3.32. The summed E-state index contributed by atoms with van der Waals surface area (Å²) in [6.07, 6.45) is 3.29. The third kappa shape index (κ3) is 3.94. The van der Waals surface area contributed by atoms with E-state index >= 15 is 0 Å². The zero-order chi connectivity index (χ0) is 20.4. The van der Waals surface area contributed by atoms with Crippen molar-refractivity contribution in [3.05, 3.63) is 95.3 Å². The van der Waals surface area contributed by atoms with E-state index in [2.05, 4.69) is 15.5 Å². The fourth-order valence-electron chi connectivity index (χ4n) is 3.32. The molecule has 4 aromatic rings. The number of aromatic nitrogens is 4. The summed E-state index contributed by atoms with van der Waals surface area (Å²) in [5.74, 6) is -0.531. The van der Waals surface area contributed by atoms with Gasteiger partial charge >= 0.3 is 0 Å². The predicted molar refractivity (Wildman–Crippen MR) is 109 cm³/mol. The summed E-state index contributed by atoms with van der Waals surface area (Å²) in [6, 6.07) is 16.0. The lowest BCUT2D eigenvalue weighted by molar-refractivity contribution is 0.102. The molecule has 1 amide bonds. The molecular weight excluding hydrogens is 369 g/mol. The summed E-state index contributed by atoms with van der Waals surface area (Å²) in [6.45, 7) is 4.10. The van der Waals surface area contributed by atoms with E-state index in [9.17, 15) is 9.18 Å². The molecule has 29 heavy (non-hydrogen) atoms. The van der Waals surface area contributed by atoms with E-state index in [0.29, 0.717) is 23.5 Å². The second kappa shape index (κ2) is 7.71. The van der Waals surface area contributed by atoms with Gasteiger partial charge in [-0.1, -0.05) is 30.3 Å². The number of nitrogens with zero attached hydrogens (tertiary/aromatic N) is 4. The van der Waals surface area contributed by atoms with Crippen molar-refractivity contribution >= 4 is 11.6 Å². The van der Waals surface area contributed by atoms with Gasteiger partial charge in [0.15, 0.2) is 0 Å². The third-order valence-electron chi connectivity index (χ3n) is 4.64. The average molecular weight is 389 g/mol. The molecule has 0 radical (unpaired) electrons. The number of carbonyl (C=O) groups excluding carboxylic acids is 1. The Morgan fingerprint density at radius 2 is 1.90 bits per heavy atom. The van der Waals surface area contributed by atoms with Crippen molar-refractivity contribution in [2.45, 2.75) is 20.4 Å². The van der Waals surface area contributed by atoms with Crippen LogP contribution in [0.1, 0.15) is 27.3 Å². The van der Waals surface area contributed by atoms with Gasteiger partial charge in [0, 0.05) is 6.20 Å². The van der Waals surface area contributed by atoms with E-state index < -0.39 is 0 Å². The molecule has 6 nitrogen and oxygen atoms in total. The molecule has 0 saturated heterocycles. The number of aryl methyl sites for hydroxylation is 1. The van der Waals surface area contributed by atoms with Gasteiger partial charge in [-0.25, -0.2) is 9.07 Å². The van der Waals surface area contributed by atoms with Crippen LogP contribution in [0.5, 0.6) is 0 Å². The molecule has 1 N–H and O–H groups in total. The molecule has 2 heterocycles. The maximum Gasteiger partial charge on any atom is 0.259 e. The lowest BCUT2D eigenvalue weighted by atomic mass is 10.2. The molecule has 0 saturated carbocycles. The van der Waals surface area contributed by atoms with E-state index in [4.69, 9.17) is 0 Å². The van der Waals surface area contributed by atoms with Crippen LogP contribution in [-0.2, 0) is 6.54 Å². The number of benzene rings is 2. The first-order valence-corrected chi connectivity index (χ1v) is 9.21. The second-order valence-corrected chi connectivity index (χ2v) is 6.80. The van der Waals surface area contributed by atoms with Crippen LogP contribution in [-0.4, -0.2) is 25.5 Å². The Morgan fingerprint density at radius 1 is 1.10 bits per heavy atom. The van der Waals surface area contributed by atoms with Gasteiger partial charge in [0.2, 0.25) is 0 Å². The van der Waals surface area contributed by atoms with Crippen LogP contribution in [0.3, 0.4) is 0 Å². The minimum Gasteiger partial charge on any atom is -0.319 e. The van der Waals surface area contributed by atoms with Crippen molar-refractivity contribution in [3.8, 4) is 5.69 Å². The maximum absolute atomic E-state index is 13.3. The van der Waals surface area contributed by atoms with Crippen LogP contribution in [0.2, 0.25) is 0 Å². The molecule has 7 heteroatoms. The SMILES string of the molecule is Cc1nn(-c2ccccc2)c(C)c1C(=O)Nc1cnn(Cc2cccc(F)c2)c1. The molecule has 0 spiro atoms. The quantitative estimate of drug-likeness (QED) is 0.558. The van der Waals surface area contributed by atoms with Gasteiger partial charge in [0.1, 0.15) is 5.82 Å². The van der Waals surface area contributed by atoms with Crippen molar-refractivity contribution in [2.24, 2.45) is 0 Å². The third-order valence-corrected chi connectivity index (χ3v) is 4.64. The fraction of sp³-hybridized carbons (Fsp3) is 0.136. The molecule has 0 aliphatic rings. The number of para-hydroxylation sites is 1. The Labute approximate surface area is 167 Å². The maximum atomic E-state index is 13.3. The van der Waals surface area contributed by atoms with Crippen molar-refractivity contribution in [1.82, 2.24) is 19.6 Å². The lowest BCUT2D eigenvalue weighted by Gasteiger charge is -2.05. The Bertz CT molecular complexity index is 1160. The first kappa shape index (κ1) is 18.6. The van der Waals surface area contributed by atoms with Crippen LogP contribution in [0, 0.1) is 19.7 Å². The highest BCUT2D eigenvalue weighted by Gasteiger charge is 2.20. The summed E-state index contributed by atoms with van der Waals surface area (Å²) >= 11 is 0. The molecule has 4 rings (SSSR count). The van der Waals surface area contributed by atoms with Crippen molar-refractivity contribution in [2.75, 3.05) is 5.32 Å². The average Bonchev–Trinajstić information content (AvgIpc) is 3.25. The van der Waals surface area contributed by atoms with Gasteiger partial charge in [-0.05, 0) is 43.7 Å². The van der Waals surface area contributed by atoms with Gasteiger partial charge in [-0.2, -0.15) is 10.2 Å². The van der Waals surface area contributed by atoms with Gasteiger partial charge in [0.25, 0.3) is 5.91 Å². The first-order valence-electron chi connectivity index (χ1n) is 9.21. The molecule has 0 bridgehead atoms. The number of halogens is 1. The molecule has 0 aliphatic carbocycles. The Hall–Kier alpha value is -3.74. The number of hydrogen-bond acceptors (Lipinski definition) is 3. The molecule has 2 aromatic heterocycles. The number of anilines is 1. The zero-order valence-corrected chi connectivity index (χ0v) is 16.1. The number of rotatable bonds is 5. The first-order chi connectivity index (χ1) is 14.0. The van der Waals surface area contributed by atoms with Crippen molar-refractivity contribution in [1.29, 1.82) is 0 Å². The smallest absolute Gasteiger partial charge is 0.259 e. The van der Waals surface area contributed by atoms with Gasteiger partial charge in [0.05, 0.1) is 41.1 Å². The van der Waals surface area contributed by atoms with Crippen LogP contribution >= 0.6 is 0 Å². The van der Waals surface area contributed by atoms with Crippen molar-refractivity contribution < 1.29 is 9.18 Å². The van der Waals surface area contributed by atoms with Crippen LogP contribution in [0.25, 0.3) is 5.69 Å². The molecule has 146 valence electrons. The highest BCUT2D eigenvalue weighted by atomic mass is 19.1. The van der Waals surface area contributed by atoms with E-state index in [1.165, 1.54) is 12.1 Å². The van der Waals surface area contributed by atoms with E-state index in [1.807, 2.05) is 50.2 Å². The summed E-state index contributed by atoms with van der Waals surface area (Å²) in [7, 11) is 0. The molecule has 0 atom stereocenters. The summed E-state index contributed by atoms with van der Waals surface area (Å²) in [5, 5.41) is 11.6. The van der Waals surface area contributed by atoms with E-state index in [0.717, 1.165) is 16.9 Å². The monoisotopic (exact) mass is 389 g/mol. The Morgan fingerprint density at radius 3 is 2.66 bits per heavy atom. The molecule has 0 unspecified atom stereocenters. The largest absolute Gasteiger partial charge is 0.319 e. The van der Waals surface area contributed by atoms with E-state index in [-0.39, 0.29) is 11.7 Å². The second-order valence-electron chi connectivity index (χ2n) is 6.80. The zero-order valence-electron chi connectivity index (χ0n) is 16.1. The predicted octanol–water partition coefficient (Wildman–Crippen LogP) is 4.13. The lowest BCUT2D eigenvalue weighted by Crippen LogP contribution is -2.13. The molecule has 0 aliphatic heterocycles. The molecule has 0 fully saturated rings. The van der Waals surface area contributed by atoms with E-state index in [1.54, 1.807) is 27.8 Å². The Kier molecular flexibility index (Phi) is 4.95. The summed E-state index contributed by atoms with van der Waals surface area (Å²) in [4.78, 5) is 12.9. The molecular formula is C22H20FN5O. The normalized spacial score (nSPS) is 10.9. The van der Waals surface area contributed by atoms with Gasteiger partial charge in [-0.3, -0.25) is 9.48 Å². The van der Waals surface area contributed by atoms with Gasteiger partial charge < -0.3 is 5.32 Å². The summed E-state index contributed by atoms with van der Waals surface area (Å²) < 4.78 is 16.8. The summed E-state index contributed by atoms with van der Waals surface area (Å²) in [5.41, 5.74) is 4.20. The van der Waals surface area contributed by atoms with Crippen LogP contribution in [0.4, 0.5) is 10.1 Å². The van der Waals surface area contributed by atoms with Gasteiger partial charge in [-0.15, -0.1) is 0 Å². The van der Waals surface area contributed by atoms with Crippen LogP contribution < -0.4 is 5.32 Å². The number of hydrogen-bond donors (Lipinski definition) is 1. The Balaban J connectivity index is 1.52. The number of carbonyl (C=O) groups is 1. The highest BCUT2D eigenvalue weighted by molar-refractivity contribution is 6.05. The standard InChI is InChI=1S/C22H20FN5O/c1-15-21(16(2)28(26-15)20-9-4-3-5-10-20)22(29)25-19-12-24-27(14-19)13-17-7-6-8-18(23)11-17/h3-12,14H,13H2,1-2H3,(H,25,29).